The molecule has 2 aliphatic carbocycles. The summed E-state index contributed by atoms with van der Waals surface area (Å²) in [5.41, 5.74) is 2.99. The van der Waals surface area contributed by atoms with Gasteiger partial charge in [-0.1, -0.05) is 18.2 Å². The van der Waals surface area contributed by atoms with Crippen LogP contribution in [0.2, 0.25) is 0 Å². The lowest BCUT2D eigenvalue weighted by Crippen LogP contribution is -2.21. The molecule has 112 valence electrons. The number of carbonyl (C=O) groups is 1. The summed E-state index contributed by atoms with van der Waals surface area (Å²) in [6, 6.07) is 13.7. The van der Waals surface area contributed by atoms with Crippen LogP contribution in [0.3, 0.4) is 0 Å². The fourth-order valence-corrected chi connectivity index (χ4v) is 2.53. The standard InChI is InChI=1S/C18H18N2O2/c1-3-20(13-8-6-5-7-9-13)12-19-15-11-10-14-17(21)16(15)18(14)22-4-2/h5-12H,3-4H2,1-2H3. The van der Waals surface area contributed by atoms with Gasteiger partial charge in [-0.25, -0.2) is 4.99 Å². The molecule has 0 unspecified atom stereocenters. The third-order valence-corrected chi connectivity index (χ3v) is 3.66. The van der Waals surface area contributed by atoms with Crippen molar-refractivity contribution in [2.75, 3.05) is 18.1 Å². The highest BCUT2D eigenvalue weighted by Crippen LogP contribution is 2.43. The minimum atomic E-state index is 0.0286. The Kier molecular flexibility index (Phi) is 3.92. The first-order chi connectivity index (χ1) is 10.8. The average molecular weight is 294 g/mol. The molecule has 4 rings (SSSR count). The number of aliphatic imine (C=N–C) groups is 1. The van der Waals surface area contributed by atoms with Gasteiger partial charge in [0, 0.05) is 12.2 Å². The van der Waals surface area contributed by atoms with Crippen LogP contribution in [-0.2, 0) is 0 Å². The van der Waals surface area contributed by atoms with Crippen molar-refractivity contribution >= 4 is 23.5 Å². The van der Waals surface area contributed by atoms with E-state index in [4.69, 9.17) is 4.74 Å². The number of carbonyl (C=O) groups excluding carboxylic acids is 1. The Morgan fingerprint density at radius 3 is 2.55 bits per heavy atom. The highest BCUT2D eigenvalue weighted by Gasteiger charge is 2.33. The van der Waals surface area contributed by atoms with Gasteiger partial charge in [0.1, 0.15) is 5.75 Å². The van der Waals surface area contributed by atoms with Crippen LogP contribution in [0.4, 0.5) is 11.4 Å². The van der Waals surface area contributed by atoms with E-state index in [2.05, 4.69) is 11.9 Å². The van der Waals surface area contributed by atoms with Gasteiger partial charge in [-0.15, -0.1) is 0 Å². The zero-order valence-corrected chi connectivity index (χ0v) is 12.7. The van der Waals surface area contributed by atoms with E-state index in [0.29, 0.717) is 29.2 Å². The zero-order chi connectivity index (χ0) is 15.5. The van der Waals surface area contributed by atoms with Gasteiger partial charge < -0.3 is 9.64 Å². The van der Waals surface area contributed by atoms with Crippen LogP contribution >= 0.6 is 0 Å². The van der Waals surface area contributed by atoms with E-state index in [9.17, 15) is 4.79 Å². The van der Waals surface area contributed by atoms with E-state index in [-0.39, 0.29) is 5.78 Å². The van der Waals surface area contributed by atoms with Crippen molar-refractivity contribution in [3.05, 3.63) is 53.6 Å². The lowest BCUT2D eigenvalue weighted by atomic mass is 9.87. The van der Waals surface area contributed by atoms with Crippen molar-refractivity contribution in [1.29, 1.82) is 0 Å². The van der Waals surface area contributed by atoms with Crippen molar-refractivity contribution in [2.24, 2.45) is 4.99 Å². The highest BCUT2D eigenvalue weighted by molar-refractivity contribution is 6.24. The first-order valence-electron chi connectivity index (χ1n) is 7.46. The van der Waals surface area contributed by atoms with E-state index < -0.39 is 0 Å². The molecule has 0 spiro atoms. The van der Waals surface area contributed by atoms with Crippen molar-refractivity contribution in [1.82, 2.24) is 0 Å². The molecule has 0 amide bonds. The number of benzene rings is 2. The molecule has 0 radical (unpaired) electrons. The predicted octanol–water partition coefficient (Wildman–Crippen LogP) is 3.82. The molecule has 0 saturated carbocycles. The second-order valence-electron chi connectivity index (χ2n) is 4.96. The molecular formula is C18H18N2O2. The first kappa shape index (κ1) is 14.3. The van der Waals surface area contributed by atoms with Crippen molar-refractivity contribution in [3.63, 3.8) is 0 Å². The minimum absolute atomic E-state index is 0.0286. The normalized spacial score (nSPS) is 12.4. The average Bonchev–Trinajstić information content (AvgIpc) is 2.57. The van der Waals surface area contributed by atoms with Gasteiger partial charge >= 0.3 is 0 Å². The Hall–Kier alpha value is -2.62. The maximum absolute atomic E-state index is 12.0. The second kappa shape index (κ2) is 6.02. The summed E-state index contributed by atoms with van der Waals surface area (Å²) in [5.74, 6) is 0.714. The lowest BCUT2D eigenvalue weighted by molar-refractivity contribution is 0.101. The molecule has 4 heteroatoms. The van der Waals surface area contributed by atoms with Crippen LogP contribution in [0, 0.1) is 0 Å². The Morgan fingerprint density at radius 1 is 1.14 bits per heavy atom. The van der Waals surface area contributed by atoms with Crippen LogP contribution in [0.5, 0.6) is 5.75 Å². The van der Waals surface area contributed by atoms with E-state index >= 15 is 0 Å². The Balaban J connectivity index is 1.87. The van der Waals surface area contributed by atoms with Gasteiger partial charge in [-0.3, -0.25) is 4.79 Å². The number of ether oxygens (including phenoxy) is 1. The maximum Gasteiger partial charge on any atom is 0.202 e. The largest absolute Gasteiger partial charge is 0.492 e. The molecule has 0 heterocycles. The Bertz CT molecular complexity index is 723. The Labute approximate surface area is 130 Å². The molecule has 4 nitrogen and oxygen atoms in total. The molecule has 2 aromatic rings. The summed E-state index contributed by atoms with van der Waals surface area (Å²) in [5, 5.41) is 0. The van der Waals surface area contributed by atoms with Crippen LogP contribution in [0.25, 0.3) is 0 Å². The van der Waals surface area contributed by atoms with Crippen LogP contribution in [0.1, 0.15) is 29.8 Å². The topological polar surface area (TPSA) is 41.9 Å². The predicted molar refractivity (Wildman–Crippen MR) is 88.7 cm³/mol. The van der Waals surface area contributed by atoms with E-state index in [1.165, 1.54) is 0 Å². The number of rotatable bonds is 6. The van der Waals surface area contributed by atoms with Crippen LogP contribution in [-0.4, -0.2) is 25.3 Å². The smallest absolute Gasteiger partial charge is 0.202 e. The van der Waals surface area contributed by atoms with Gasteiger partial charge in [0.05, 0.1) is 29.8 Å². The van der Waals surface area contributed by atoms with Gasteiger partial charge in [0.25, 0.3) is 0 Å². The highest BCUT2D eigenvalue weighted by atomic mass is 16.5. The number of anilines is 1. The fraction of sp³-hybridized carbons (Fsp3) is 0.222. The third-order valence-electron chi connectivity index (χ3n) is 3.66. The molecule has 22 heavy (non-hydrogen) atoms. The summed E-state index contributed by atoms with van der Waals surface area (Å²) < 4.78 is 5.53. The van der Waals surface area contributed by atoms with Gasteiger partial charge in [-0.05, 0) is 38.1 Å². The molecule has 2 aliphatic rings. The summed E-state index contributed by atoms with van der Waals surface area (Å²) in [6.45, 7) is 5.32. The minimum Gasteiger partial charge on any atom is -0.492 e. The molecular weight excluding hydrogens is 276 g/mol. The molecule has 0 aliphatic heterocycles. The summed E-state index contributed by atoms with van der Waals surface area (Å²) >= 11 is 0. The SMILES string of the molecule is CCOc1c2ccc(N=CN(CC)c3ccccc3)c1C2=O. The summed E-state index contributed by atoms with van der Waals surface area (Å²) in [6.07, 6.45) is 1.77. The van der Waals surface area contributed by atoms with Gasteiger partial charge in [0.15, 0.2) is 0 Å². The maximum atomic E-state index is 12.0. The molecule has 0 saturated heterocycles. The quantitative estimate of drug-likeness (QED) is 0.513. The summed E-state index contributed by atoms with van der Waals surface area (Å²) in [4.78, 5) is 18.5. The number of fused-ring (bicyclic) bond motifs is 2. The van der Waals surface area contributed by atoms with Crippen LogP contribution in [0.15, 0.2) is 47.5 Å². The van der Waals surface area contributed by atoms with E-state index in [1.54, 1.807) is 12.4 Å². The summed E-state index contributed by atoms with van der Waals surface area (Å²) in [7, 11) is 0. The third kappa shape index (κ3) is 2.37. The number of para-hydroxylation sites is 1. The first-order valence-corrected chi connectivity index (χ1v) is 7.46. The molecule has 2 bridgehead atoms. The molecule has 0 N–H and O–H groups in total. The molecule has 2 aromatic carbocycles. The lowest BCUT2D eigenvalue weighted by Gasteiger charge is -2.23. The van der Waals surface area contributed by atoms with Crippen LogP contribution < -0.4 is 9.64 Å². The van der Waals surface area contributed by atoms with Crippen molar-refractivity contribution < 1.29 is 9.53 Å². The second-order valence-corrected chi connectivity index (χ2v) is 4.96. The molecule has 0 atom stereocenters. The van der Waals surface area contributed by atoms with E-state index in [0.717, 1.165) is 12.2 Å². The molecule has 0 fully saturated rings. The van der Waals surface area contributed by atoms with E-state index in [1.807, 2.05) is 48.2 Å². The molecule has 0 aromatic heterocycles. The Morgan fingerprint density at radius 2 is 1.91 bits per heavy atom. The number of hydrogen-bond donors (Lipinski definition) is 0. The van der Waals surface area contributed by atoms with Crippen molar-refractivity contribution in [3.8, 4) is 5.75 Å². The van der Waals surface area contributed by atoms with Crippen molar-refractivity contribution in [2.45, 2.75) is 13.8 Å². The number of hydrogen-bond acceptors (Lipinski definition) is 3. The fourth-order valence-electron chi connectivity index (χ4n) is 2.53. The monoisotopic (exact) mass is 294 g/mol. The number of ketones is 1. The van der Waals surface area contributed by atoms with Gasteiger partial charge in [-0.2, -0.15) is 0 Å². The van der Waals surface area contributed by atoms with Gasteiger partial charge in [0.2, 0.25) is 5.78 Å². The number of nitrogens with zero attached hydrogens (tertiary/aromatic N) is 2. The zero-order valence-electron chi connectivity index (χ0n) is 12.7.